The predicted octanol–water partition coefficient (Wildman–Crippen LogP) is 1.06. The summed E-state index contributed by atoms with van der Waals surface area (Å²) >= 11 is 0. The first kappa shape index (κ1) is 9.86. The minimum Gasteiger partial charge on any atom is -0.395 e. The third kappa shape index (κ3) is 2.05. The summed E-state index contributed by atoms with van der Waals surface area (Å²) in [6.07, 6.45) is 1.80. The summed E-state index contributed by atoms with van der Waals surface area (Å²) < 4.78 is 0. The number of rotatable bonds is 3. The van der Waals surface area contributed by atoms with Crippen molar-refractivity contribution in [3.8, 4) is 0 Å². The van der Waals surface area contributed by atoms with Crippen molar-refractivity contribution >= 4 is 16.9 Å². The molecule has 0 aliphatic rings. The molecule has 1 N–H and O–H groups in total. The molecular formula is C11H13N3O. The highest BCUT2D eigenvalue weighted by Gasteiger charge is 2.03. The highest BCUT2D eigenvalue weighted by molar-refractivity contribution is 5.78. The average molecular weight is 203 g/mol. The van der Waals surface area contributed by atoms with Crippen LogP contribution in [0.4, 0.5) is 5.95 Å². The van der Waals surface area contributed by atoms with Crippen molar-refractivity contribution in [2.45, 2.75) is 0 Å². The molecule has 0 saturated heterocycles. The largest absolute Gasteiger partial charge is 0.395 e. The molecule has 0 saturated carbocycles. The van der Waals surface area contributed by atoms with E-state index in [1.54, 1.807) is 6.20 Å². The number of benzene rings is 1. The second-order valence-electron chi connectivity index (χ2n) is 3.37. The van der Waals surface area contributed by atoms with Gasteiger partial charge in [0.25, 0.3) is 0 Å². The van der Waals surface area contributed by atoms with Gasteiger partial charge in [-0.1, -0.05) is 18.2 Å². The maximum atomic E-state index is 8.81. The third-order valence-corrected chi connectivity index (χ3v) is 2.25. The van der Waals surface area contributed by atoms with Gasteiger partial charge in [-0.3, -0.25) is 0 Å². The zero-order chi connectivity index (χ0) is 10.7. The number of hydrogen-bond donors (Lipinski definition) is 1. The van der Waals surface area contributed by atoms with E-state index in [2.05, 4.69) is 9.97 Å². The van der Waals surface area contributed by atoms with E-state index in [4.69, 9.17) is 5.11 Å². The summed E-state index contributed by atoms with van der Waals surface area (Å²) in [6, 6.07) is 7.84. The molecule has 2 aromatic rings. The van der Waals surface area contributed by atoms with Gasteiger partial charge < -0.3 is 10.0 Å². The maximum Gasteiger partial charge on any atom is 0.225 e. The fourth-order valence-electron chi connectivity index (χ4n) is 1.40. The Kier molecular flexibility index (Phi) is 2.78. The number of para-hydroxylation sites is 1. The number of aliphatic hydroxyl groups excluding tert-OH is 1. The van der Waals surface area contributed by atoms with Gasteiger partial charge in [-0.2, -0.15) is 0 Å². The first-order valence-electron chi connectivity index (χ1n) is 4.85. The Hall–Kier alpha value is -1.68. The topological polar surface area (TPSA) is 49.2 Å². The molecule has 78 valence electrons. The van der Waals surface area contributed by atoms with Gasteiger partial charge >= 0.3 is 0 Å². The zero-order valence-corrected chi connectivity index (χ0v) is 8.59. The lowest BCUT2D eigenvalue weighted by Crippen LogP contribution is -2.23. The number of fused-ring (bicyclic) bond motifs is 1. The smallest absolute Gasteiger partial charge is 0.225 e. The van der Waals surface area contributed by atoms with E-state index >= 15 is 0 Å². The van der Waals surface area contributed by atoms with Crippen LogP contribution in [0.5, 0.6) is 0 Å². The Labute approximate surface area is 88.2 Å². The van der Waals surface area contributed by atoms with E-state index in [9.17, 15) is 0 Å². The quantitative estimate of drug-likeness (QED) is 0.810. The van der Waals surface area contributed by atoms with E-state index in [0.29, 0.717) is 12.5 Å². The van der Waals surface area contributed by atoms with Crippen molar-refractivity contribution in [1.82, 2.24) is 9.97 Å². The van der Waals surface area contributed by atoms with E-state index in [1.807, 2.05) is 36.2 Å². The van der Waals surface area contributed by atoms with Crippen LogP contribution >= 0.6 is 0 Å². The van der Waals surface area contributed by atoms with Crippen LogP contribution < -0.4 is 4.90 Å². The van der Waals surface area contributed by atoms with E-state index in [-0.39, 0.29) is 6.61 Å². The molecule has 0 radical (unpaired) electrons. The van der Waals surface area contributed by atoms with Crippen molar-refractivity contribution in [2.75, 3.05) is 25.1 Å². The van der Waals surface area contributed by atoms with E-state index < -0.39 is 0 Å². The molecule has 15 heavy (non-hydrogen) atoms. The van der Waals surface area contributed by atoms with Crippen LogP contribution in [0.25, 0.3) is 10.9 Å². The van der Waals surface area contributed by atoms with Crippen LogP contribution in [0.1, 0.15) is 0 Å². The van der Waals surface area contributed by atoms with Crippen molar-refractivity contribution in [2.24, 2.45) is 0 Å². The fourth-order valence-corrected chi connectivity index (χ4v) is 1.40. The molecule has 0 spiro atoms. The van der Waals surface area contributed by atoms with Crippen molar-refractivity contribution in [1.29, 1.82) is 0 Å². The van der Waals surface area contributed by atoms with Gasteiger partial charge in [-0.15, -0.1) is 0 Å². The molecule has 4 nitrogen and oxygen atoms in total. The zero-order valence-electron chi connectivity index (χ0n) is 8.59. The van der Waals surface area contributed by atoms with Gasteiger partial charge in [0.2, 0.25) is 5.95 Å². The number of likely N-dealkylation sites (N-methyl/N-ethyl adjacent to an activating group) is 1. The molecule has 1 aromatic carbocycles. The Balaban J connectivity index is 2.38. The summed E-state index contributed by atoms with van der Waals surface area (Å²) in [6.45, 7) is 0.644. The molecule has 0 amide bonds. The minimum absolute atomic E-state index is 0.104. The monoisotopic (exact) mass is 203 g/mol. The molecule has 0 bridgehead atoms. The Morgan fingerprint density at radius 2 is 2.13 bits per heavy atom. The van der Waals surface area contributed by atoms with Gasteiger partial charge in [0.05, 0.1) is 12.1 Å². The maximum absolute atomic E-state index is 8.81. The van der Waals surface area contributed by atoms with Crippen molar-refractivity contribution < 1.29 is 5.11 Å². The first-order chi connectivity index (χ1) is 7.31. The van der Waals surface area contributed by atoms with Crippen LogP contribution in [-0.2, 0) is 0 Å². The summed E-state index contributed by atoms with van der Waals surface area (Å²) in [5.41, 5.74) is 0.923. The molecule has 0 aliphatic carbocycles. The highest BCUT2D eigenvalue weighted by Crippen LogP contribution is 2.13. The third-order valence-electron chi connectivity index (χ3n) is 2.25. The van der Waals surface area contributed by atoms with Gasteiger partial charge in [-0.25, -0.2) is 9.97 Å². The molecule has 0 fully saturated rings. The second-order valence-corrected chi connectivity index (χ2v) is 3.37. The lowest BCUT2D eigenvalue weighted by Gasteiger charge is -2.15. The number of aromatic nitrogens is 2. The van der Waals surface area contributed by atoms with Crippen LogP contribution in [0.3, 0.4) is 0 Å². The van der Waals surface area contributed by atoms with E-state index in [0.717, 1.165) is 10.9 Å². The van der Waals surface area contributed by atoms with Gasteiger partial charge in [0.15, 0.2) is 0 Å². The van der Waals surface area contributed by atoms with Gasteiger partial charge in [0.1, 0.15) is 0 Å². The fraction of sp³-hybridized carbons (Fsp3) is 0.273. The molecule has 0 unspecified atom stereocenters. The SMILES string of the molecule is CN(CCO)c1ncc2ccccc2n1. The lowest BCUT2D eigenvalue weighted by atomic mass is 10.2. The van der Waals surface area contributed by atoms with E-state index in [1.165, 1.54) is 0 Å². The van der Waals surface area contributed by atoms with Crippen LogP contribution in [0, 0.1) is 0 Å². The van der Waals surface area contributed by atoms with Gasteiger partial charge in [-0.05, 0) is 6.07 Å². The van der Waals surface area contributed by atoms with Gasteiger partial charge in [0, 0.05) is 25.2 Å². The molecule has 4 heteroatoms. The summed E-state index contributed by atoms with van der Waals surface area (Å²) in [7, 11) is 1.86. The minimum atomic E-state index is 0.104. The van der Waals surface area contributed by atoms with Crippen LogP contribution in [0.15, 0.2) is 30.5 Å². The summed E-state index contributed by atoms with van der Waals surface area (Å²) in [4.78, 5) is 10.5. The number of nitrogens with zero attached hydrogens (tertiary/aromatic N) is 3. The Morgan fingerprint density at radius 3 is 2.93 bits per heavy atom. The van der Waals surface area contributed by atoms with Crippen LogP contribution in [0.2, 0.25) is 0 Å². The molecular weight excluding hydrogens is 190 g/mol. The summed E-state index contributed by atoms with van der Waals surface area (Å²) in [5, 5.41) is 9.84. The Morgan fingerprint density at radius 1 is 1.33 bits per heavy atom. The standard InChI is InChI=1S/C11H13N3O/c1-14(6-7-15)11-12-8-9-4-2-3-5-10(9)13-11/h2-5,8,15H,6-7H2,1H3. The molecule has 0 aliphatic heterocycles. The molecule has 2 rings (SSSR count). The molecule has 1 aromatic heterocycles. The number of anilines is 1. The normalized spacial score (nSPS) is 10.5. The second kappa shape index (κ2) is 4.23. The van der Waals surface area contributed by atoms with Crippen molar-refractivity contribution in [3.63, 3.8) is 0 Å². The Bertz CT molecular complexity index is 458. The highest BCUT2D eigenvalue weighted by atomic mass is 16.3. The van der Waals surface area contributed by atoms with Crippen molar-refractivity contribution in [3.05, 3.63) is 30.5 Å². The van der Waals surface area contributed by atoms with Crippen LogP contribution in [-0.4, -0.2) is 35.3 Å². The predicted molar refractivity (Wildman–Crippen MR) is 59.9 cm³/mol. The number of hydrogen-bond acceptors (Lipinski definition) is 4. The summed E-state index contributed by atoms with van der Waals surface area (Å²) in [5.74, 6) is 0.641. The molecule has 0 atom stereocenters. The average Bonchev–Trinajstić information content (AvgIpc) is 2.29. The first-order valence-corrected chi connectivity index (χ1v) is 4.85. The lowest BCUT2D eigenvalue weighted by molar-refractivity contribution is 0.303. The number of aliphatic hydroxyl groups is 1. The molecule has 1 heterocycles.